The first kappa shape index (κ1) is 14.4. The Balaban J connectivity index is 3.91. The minimum atomic E-state index is -1.63. The van der Waals surface area contributed by atoms with Crippen LogP contribution in [0.3, 0.4) is 0 Å². The first-order valence-electron chi connectivity index (χ1n) is 5.41. The van der Waals surface area contributed by atoms with Crippen LogP contribution in [0.4, 0.5) is 0 Å². The van der Waals surface area contributed by atoms with E-state index in [2.05, 4.69) is 20.0 Å². The largest absolute Gasteiger partial charge is 0.463 e. The molecule has 0 aliphatic carbocycles. The average molecular weight is 230 g/mol. The third kappa shape index (κ3) is 5.74. The molecule has 0 aromatic heterocycles. The Hall–Kier alpha value is -0.613. The van der Waals surface area contributed by atoms with E-state index in [1.165, 1.54) is 0 Å². The topological polar surface area (TPSA) is 35.5 Å². The zero-order valence-corrected chi connectivity index (χ0v) is 11.3. The van der Waals surface area contributed by atoms with E-state index in [1.807, 2.05) is 6.92 Å². The Morgan fingerprint density at radius 2 is 2.00 bits per heavy atom. The van der Waals surface area contributed by atoms with Gasteiger partial charge >= 0.3 is 5.97 Å². The lowest BCUT2D eigenvalue weighted by atomic mass is 10.4. The van der Waals surface area contributed by atoms with E-state index < -0.39 is 8.32 Å². The van der Waals surface area contributed by atoms with E-state index in [0.29, 0.717) is 12.2 Å². The maximum Gasteiger partial charge on any atom is 0.333 e. The quantitative estimate of drug-likeness (QED) is 0.383. The summed E-state index contributed by atoms with van der Waals surface area (Å²) >= 11 is 0. The monoisotopic (exact) mass is 230 g/mol. The van der Waals surface area contributed by atoms with E-state index in [4.69, 9.17) is 9.16 Å². The van der Waals surface area contributed by atoms with Crippen molar-refractivity contribution in [1.29, 1.82) is 0 Å². The van der Waals surface area contributed by atoms with Gasteiger partial charge in [0.05, 0.1) is 6.61 Å². The second kappa shape index (κ2) is 6.79. The summed E-state index contributed by atoms with van der Waals surface area (Å²) in [4.78, 5) is 11.1. The molecule has 0 saturated heterocycles. The molecule has 0 aromatic carbocycles. The summed E-state index contributed by atoms with van der Waals surface area (Å²) in [6, 6.07) is 1.90. The molecule has 0 aliphatic heterocycles. The highest BCUT2D eigenvalue weighted by atomic mass is 28.4. The third-order valence-corrected chi connectivity index (χ3v) is 6.20. The number of carbonyl (C=O) groups is 1. The number of ether oxygens (including phenoxy) is 1. The van der Waals surface area contributed by atoms with Gasteiger partial charge < -0.3 is 9.16 Å². The summed E-state index contributed by atoms with van der Waals surface area (Å²) in [7, 11) is -1.63. The van der Waals surface area contributed by atoms with Gasteiger partial charge in [0.25, 0.3) is 0 Å². The fourth-order valence-electron chi connectivity index (χ4n) is 1.18. The van der Waals surface area contributed by atoms with Crippen molar-refractivity contribution in [2.45, 2.75) is 39.4 Å². The molecule has 0 rings (SSSR count). The highest BCUT2D eigenvalue weighted by Gasteiger charge is 2.26. The second-order valence-corrected chi connectivity index (χ2v) is 8.30. The van der Waals surface area contributed by atoms with Gasteiger partial charge in [0, 0.05) is 18.2 Å². The molecule has 0 heterocycles. The Kier molecular flexibility index (Phi) is 6.52. The molecular weight excluding hydrogens is 208 g/mol. The molecule has 0 aromatic rings. The predicted molar refractivity (Wildman–Crippen MR) is 64.3 cm³/mol. The maximum atomic E-state index is 11.1. The van der Waals surface area contributed by atoms with Gasteiger partial charge in [0.2, 0.25) is 0 Å². The Morgan fingerprint density at radius 3 is 2.40 bits per heavy atom. The van der Waals surface area contributed by atoms with E-state index in [9.17, 15) is 4.79 Å². The highest BCUT2D eigenvalue weighted by molar-refractivity contribution is 6.72. The van der Waals surface area contributed by atoms with Crippen LogP contribution < -0.4 is 0 Å². The van der Waals surface area contributed by atoms with Gasteiger partial charge in [-0.3, -0.25) is 0 Å². The molecule has 0 saturated carbocycles. The van der Waals surface area contributed by atoms with Gasteiger partial charge in [0.15, 0.2) is 8.32 Å². The average Bonchev–Trinajstić information content (AvgIpc) is 2.18. The van der Waals surface area contributed by atoms with Gasteiger partial charge in [-0.1, -0.05) is 13.5 Å². The zero-order valence-electron chi connectivity index (χ0n) is 10.3. The molecule has 88 valence electrons. The number of esters is 1. The van der Waals surface area contributed by atoms with Crippen molar-refractivity contribution < 1.29 is 14.0 Å². The molecular formula is C11H22O3Si. The van der Waals surface area contributed by atoms with E-state index in [-0.39, 0.29) is 5.97 Å². The Labute approximate surface area is 93.6 Å². The molecule has 1 unspecified atom stereocenters. The van der Waals surface area contributed by atoms with Crippen molar-refractivity contribution in [1.82, 2.24) is 0 Å². The second-order valence-electron chi connectivity index (χ2n) is 3.90. The number of carbonyl (C=O) groups excluding carboxylic acids is 1. The third-order valence-electron chi connectivity index (χ3n) is 2.45. The molecule has 0 amide bonds. The van der Waals surface area contributed by atoms with Crippen LogP contribution in [0.15, 0.2) is 12.2 Å². The summed E-state index contributed by atoms with van der Waals surface area (Å²) in [6.45, 7) is 12.7. The standard InChI is InChI=1S/C11H22O3Si/c1-6-14-15(5,7-2)9-8-13-11(12)10(3)4/h3,6-9H2,1-2,4-5H3. The number of rotatable bonds is 7. The maximum absolute atomic E-state index is 11.1. The fourth-order valence-corrected chi connectivity index (χ4v) is 3.12. The first-order chi connectivity index (χ1) is 6.95. The first-order valence-corrected chi connectivity index (χ1v) is 8.24. The molecule has 15 heavy (non-hydrogen) atoms. The Bertz CT molecular complexity index is 228. The number of hydrogen-bond acceptors (Lipinski definition) is 3. The highest BCUT2D eigenvalue weighted by Crippen LogP contribution is 2.16. The van der Waals surface area contributed by atoms with E-state index in [1.54, 1.807) is 6.92 Å². The molecule has 4 heteroatoms. The van der Waals surface area contributed by atoms with Crippen LogP contribution in [0.5, 0.6) is 0 Å². The van der Waals surface area contributed by atoms with Crippen molar-refractivity contribution in [2.75, 3.05) is 13.2 Å². The van der Waals surface area contributed by atoms with Gasteiger partial charge in [0.1, 0.15) is 0 Å². The van der Waals surface area contributed by atoms with Crippen LogP contribution in [0.25, 0.3) is 0 Å². The van der Waals surface area contributed by atoms with Crippen molar-refractivity contribution in [2.24, 2.45) is 0 Å². The van der Waals surface area contributed by atoms with Crippen molar-refractivity contribution in [3.8, 4) is 0 Å². The van der Waals surface area contributed by atoms with E-state index in [0.717, 1.165) is 18.7 Å². The van der Waals surface area contributed by atoms with Crippen LogP contribution in [-0.4, -0.2) is 27.5 Å². The summed E-state index contributed by atoms with van der Waals surface area (Å²) in [5.74, 6) is -0.307. The molecule has 1 atom stereocenters. The van der Waals surface area contributed by atoms with Crippen LogP contribution in [0, 0.1) is 0 Å². The lowest BCUT2D eigenvalue weighted by molar-refractivity contribution is -0.138. The van der Waals surface area contributed by atoms with Crippen molar-refractivity contribution in [3.63, 3.8) is 0 Å². The smallest absolute Gasteiger partial charge is 0.333 e. The van der Waals surface area contributed by atoms with Gasteiger partial charge in [-0.2, -0.15) is 0 Å². The summed E-state index contributed by atoms with van der Waals surface area (Å²) in [5.41, 5.74) is 0.450. The molecule has 3 nitrogen and oxygen atoms in total. The lowest BCUT2D eigenvalue weighted by Gasteiger charge is -2.25. The number of hydrogen-bond donors (Lipinski definition) is 0. The molecule has 0 N–H and O–H groups in total. The van der Waals surface area contributed by atoms with E-state index >= 15 is 0 Å². The molecule has 0 aliphatic rings. The van der Waals surface area contributed by atoms with Gasteiger partial charge in [-0.05, 0) is 26.4 Å². The summed E-state index contributed by atoms with van der Waals surface area (Å²) in [6.07, 6.45) is 0. The van der Waals surface area contributed by atoms with Crippen LogP contribution in [-0.2, 0) is 14.0 Å². The van der Waals surface area contributed by atoms with Gasteiger partial charge in [-0.25, -0.2) is 4.79 Å². The Morgan fingerprint density at radius 1 is 1.40 bits per heavy atom. The molecule has 0 spiro atoms. The van der Waals surface area contributed by atoms with Crippen LogP contribution in [0.2, 0.25) is 18.6 Å². The van der Waals surface area contributed by atoms with Gasteiger partial charge in [-0.15, -0.1) is 0 Å². The molecule has 0 fully saturated rings. The normalized spacial score (nSPS) is 14.4. The molecule has 0 radical (unpaired) electrons. The zero-order chi connectivity index (χ0) is 11.9. The minimum absolute atomic E-state index is 0.307. The summed E-state index contributed by atoms with van der Waals surface area (Å²) in [5, 5.41) is 0. The minimum Gasteiger partial charge on any atom is -0.463 e. The SMILES string of the molecule is C=C(C)C(=O)OCC[Si](C)(CC)OCC. The summed E-state index contributed by atoms with van der Waals surface area (Å²) < 4.78 is 10.8. The predicted octanol–water partition coefficient (Wildman–Crippen LogP) is 2.74. The van der Waals surface area contributed by atoms with Crippen LogP contribution in [0.1, 0.15) is 20.8 Å². The van der Waals surface area contributed by atoms with Crippen molar-refractivity contribution in [3.05, 3.63) is 12.2 Å². The van der Waals surface area contributed by atoms with Crippen molar-refractivity contribution >= 4 is 14.3 Å². The fraction of sp³-hybridized carbons (Fsp3) is 0.727. The van der Waals surface area contributed by atoms with Crippen LogP contribution >= 0.6 is 0 Å². The lowest BCUT2D eigenvalue weighted by Crippen LogP contribution is -2.35. The molecule has 0 bridgehead atoms.